The highest BCUT2D eigenvalue weighted by molar-refractivity contribution is 9.10. The van der Waals surface area contributed by atoms with Gasteiger partial charge in [-0.25, -0.2) is 4.79 Å². The summed E-state index contributed by atoms with van der Waals surface area (Å²) in [5.41, 5.74) is 1.32. The molecule has 0 aliphatic heterocycles. The zero-order valence-corrected chi connectivity index (χ0v) is 14.2. The molecule has 0 aromatic heterocycles. The number of hydrogen-bond acceptors (Lipinski definition) is 3. The van der Waals surface area contributed by atoms with Gasteiger partial charge < -0.3 is 10.1 Å². The third-order valence-corrected chi connectivity index (χ3v) is 4.15. The van der Waals surface area contributed by atoms with Crippen LogP contribution in [0.3, 0.4) is 0 Å². The lowest BCUT2D eigenvalue weighted by Gasteiger charge is -2.20. The van der Waals surface area contributed by atoms with Crippen molar-refractivity contribution < 1.29 is 9.53 Å². The number of benzene rings is 2. The van der Waals surface area contributed by atoms with Crippen LogP contribution in [-0.4, -0.2) is 13.1 Å². The van der Waals surface area contributed by atoms with Gasteiger partial charge >= 0.3 is 5.97 Å². The van der Waals surface area contributed by atoms with E-state index in [-0.39, 0.29) is 0 Å². The molecule has 0 radical (unpaired) electrons. The normalized spacial score (nSPS) is 11.8. The summed E-state index contributed by atoms with van der Waals surface area (Å²) < 4.78 is 5.69. The van der Waals surface area contributed by atoms with E-state index in [9.17, 15) is 4.79 Å². The van der Waals surface area contributed by atoms with E-state index in [2.05, 4.69) is 21.2 Å². The Morgan fingerprint density at radius 3 is 2.62 bits per heavy atom. The number of rotatable bonds is 4. The van der Waals surface area contributed by atoms with E-state index in [0.29, 0.717) is 15.6 Å². The molecule has 21 heavy (non-hydrogen) atoms. The first-order valence-corrected chi connectivity index (χ1v) is 7.61. The Morgan fingerprint density at radius 2 is 1.95 bits per heavy atom. The minimum absolute atomic E-state index is 0.439. The van der Waals surface area contributed by atoms with Crippen LogP contribution in [0.25, 0.3) is 0 Å². The highest BCUT2D eigenvalue weighted by atomic mass is 79.9. The predicted molar refractivity (Wildman–Crippen MR) is 89.0 cm³/mol. The van der Waals surface area contributed by atoms with Crippen LogP contribution in [0.1, 0.15) is 11.6 Å². The maximum atomic E-state index is 12.1. The first-order chi connectivity index (χ1) is 10.0. The van der Waals surface area contributed by atoms with Crippen LogP contribution in [0.4, 0.5) is 5.69 Å². The maximum absolute atomic E-state index is 12.1. The smallest absolute Gasteiger partial charge is 0.333 e. The Kier molecular flexibility index (Phi) is 5.51. The Morgan fingerprint density at radius 1 is 1.24 bits per heavy atom. The van der Waals surface area contributed by atoms with E-state index in [0.717, 1.165) is 10.2 Å². The van der Waals surface area contributed by atoms with Crippen molar-refractivity contribution in [1.82, 2.24) is 0 Å². The Bertz CT molecular complexity index is 664. The van der Waals surface area contributed by atoms with Gasteiger partial charge in [0.2, 0.25) is 0 Å². The quantitative estimate of drug-likeness (QED) is 0.742. The van der Waals surface area contributed by atoms with Crippen LogP contribution in [0, 0.1) is 0 Å². The lowest BCUT2D eigenvalue weighted by atomic mass is 10.1. The summed E-state index contributed by atoms with van der Waals surface area (Å²) in [6, 6.07) is 11.7. The second kappa shape index (κ2) is 7.16. The largest absolute Gasteiger partial charge is 0.467 e. The topological polar surface area (TPSA) is 38.3 Å². The number of halogens is 3. The minimum Gasteiger partial charge on any atom is -0.467 e. The molecule has 0 amide bonds. The van der Waals surface area contributed by atoms with Gasteiger partial charge in [0.15, 0.2) is 6.04 Å². The van der Waals surface area contributed by atoms with Gasteiger partial charge in [0.25, 0.3) is 0 Å². The Balaban J connectivity index is 2.42. The zero-order chi connectivity index (χ0) is 15.4. The van der Waals surface area contributed by atoms with Crippen molar-refractivity contribution in [2.75, 3.05) is 12.4 Å². The Hall–Kier alpha value is -1.23. The summed E-state index contributed by atoms with van der Waals surface area (Å²) in [6.07, 6.45) is 0. The van der Waals surface area contributed by atoms with Gasteiger partial charge in [-0.2, -0.15) is 0 Å². The zero-order valence-electron chi connectivity index (χ0n) is 11.1. The van der Waals surface area contributed by atoms with Crippen molar-refractivity contribution in [1.29, 1.82) is 0 Å². The number of nitrogens with one attached hydrogen (secondary N) is 1. The van der Waals surface area contributed by atoms with Gasteiger partial charge in [-0.15, -0.1) is 0 Å². The van der Waals surface area contributed by atoms with E-state index in [1.807, 2.05) is 24.3 Å². The lowest BCUT2D eigenvalue weighted by Crippen LogP contribution is -2.22. The lowest BCUT2D eigenvalue weighted by molar-refractivity contribution is -0.141. The number of esters is 1. The number of methoxy groups -OCH3 is 1. The van der Waals surface area contributed by atoms with Crippen LogP contribution in [0.2, 0.25) is 10.0 Å². The van der Waals surface area contributed by atoms with Gasteiger partial charge in [0, 0.05) is 25.8 Å². The standard InChI is InChI=1S/C15H12BrCl2NO2/c1-21-15(20)14(10-8-9(17)6-7-12(10)18)19-13-5-3-2-4-11(13)16/h2-8,14,19H,1H3. The second-order valence-corrected chi connectivity index (χ2v) is 5.94. The first-order valence-electron chi connectivity index (χ1n) is 6.06. The maximum Gasteiger partial charge on any atom is 0.333 e. The van der Waals surface area contributed by atoms with Crippen LogP contribution >= 0.6 is 39.1 Å². The van der Waals surface area contributed by atoms with Gasteiger partial charge in [-0.05, 0) is 46.3 Å². The third-order valence-electron chi connectivity index (χ3n) is 2.88. The molecule has 0 spiro atoms. The number of hydrogen-bond donors (Lipinski definition) is 1. The molecule has 2 aromatic rings. The fraction of sp³-hybridized carbons (Fsp3) is 0.133. The molecule has 2 rings (SSSR count). The van der Waals surface area contributed by atoms with Crippen LogP contribution in [0.15, 0.2) is 46.9 Å². The Labute approximate surface area is 141 Å². The predicted octanol–water partition coefficient (Wildman–Crippen LogP) is 5.08. The van der Waals surface area contributed by atoms with Crippen molar-refractivity contribution in [2.45, 2.75) is 6.04 Å². The van der Waals surface area contributed by atoms with Gasteiger partial charge in [0.1, 0.15) is 0 Å². The molecule has 0 saturated heterocycles. The number of carbonyl (C=O) groups is 1. The van der Waals surface area contributed by atoms with Gasteiger partial charge in [-0.3, -0.25) is 0 Å². The molecule has 2 aromatic carbocycles. The molecule has 0 heterocycles. The first kappa shape index (κ1) is 16.1. The molecule has 110 valence electrons. The summed E-state index contributed by atoms with van der Waals surface area (Å²) in [6.45, 7) is 0. The summed E-state index contributed by atoms with van der Waals surface area (Å²) in [5.74, 6) is -0.449. The molecule has 1 atom stereocenters. The molecule has 0 aliphatic carbocycles. The molecular formula is C15H12BrCl2NO2. The molecule has 0 fully saturated rings. The summed E-state index contributed by atoms with van der Waals surface area (Å²) in [4.78, 5) is 12.1. The average molecular weight is 389 g/mol. The highest BCUT2D eigenvalue weighted by Crippen LogP contribution is 2.32. The summed E-state index contributed by atoms with van der Waals surface area (Å²) in [7, 11) is 1.33. The fourth-order valence-corrected chi connectivity index (χ4v) is 2.66. The molecule has 0 aliphatic rings. The molecular weight excluding hydrogens is 377 g/mol. The van der Waals surface area contributed by atoms with E-state index in [1.165, 1.54) is 7.11 Å². The fourth-order valence-electron chi connectivity index (χ4n) is 1.85. The van der Waals surface area contributed by atoms with Gasteiger partial charge in [0.05, 0.1) is 7.11 Å². The minimum atomic E-state index is -0.750. The monoisotopic (exact) mass is 387 g/mol. The molecule has 6 heteroatoms. The van der Waals surface area contributed by atoms with E-state index >= 15 is 0 Å². The molecule has 0 saturated carbocycles. The van der Waals surface area contributed by atoms with Crippen LogP contribution in [-0.2, 0) is 9.53 Å². The molecule has 0 bridgehead atoms. The van der Waals surface area contributed by atoms with Crippen molar-refractivity contribution in [3.63, 3.8) is 0 Å². The SMILES string of the molecule is COC(=O)C(Nc1ccccc1Br)c1cc(Cl)ccc1Cl. The van der Waals surface area contributed by atoms with E-state index in [4.69, 9.17) is 27.9 Å². The van der Waals surface area contributed by atoms with E-state index in [1.54, 1.807) is 18.2 Å². The number of para-hydroxylation sites is 1. The second-order valence-electron chi connectivity index (χ2n) is 4.25. The van der Waals surface area contributed by atoms with Crippen molar-refractivity contribution in [3.05, 3.63) is 62.5 Å². The van der Waals surface area contributed by atoms with Crippen molar-refractivity contribution in [3.8, 4) is 0 Å². The molecule has 1 N–H and O–H groups in total. The van der Waals surface area contributed by atoms with Crippen molar-refractivity contribution >= 4 is 50.8 Å². The summed E-state index contributed by atoms with van der Waals surface area (Å²) >= 11 is 15.6. The molecule has 1 unspecified atom stereocenters. The summed E-state index contributed by atoms with van der Waals surface area (Å²) in [5, 5.41) is 4.05. The number of ether oxygens (including phenoxy) is 1. The third kappa shape index (κ3) is 3.90. The number of anilines is 1. The van der Waals surface area contributed by atoms with Crippen LogP contribution in [0.5, 0.6) is 0 Å². The van der Waals surface area contributed by atoms with Crippen LogP contribution < -0.4 is 5.32 Å². The van der Waals surface area contributed by atoms with Gasteiger partial charge in [-0.1, -0.05) is 35.3 Å². The molecule has 3 nitrogen and oxygen atoms in total. The highest BCUT2D eigenvalue weighted by Gasteiger charge is 2.24. The average Bonchev–Trinajstić information content (AvgIpc) is 2.48. The number of carbonyl (C=O) groups excluding carboxylic acids is 1. The van der Waals surface area contributed by atoms with Crippen molar-refractivity contribution in [2.24, 2.45) is 0 Å². The van der Waals surface area contributed by atoms with E-state index < -0.39 is 12.0 Å².